The summed E-state index contributed by atoms with van der Waals surface area (Å²) in [5.41, 5.74) is 0. The van der Waals surface area contributed by atoms with Crippen LogP contribution in [0.1, 0.15) is 19.8 Å². The van der Waals surface area contributed by atoms with Gasteiger partial charge in [-0.2, -0.15) is 0 Å². The van der Waals surface area contributed by atoms with Crippen LogP contribution in [0.25, 0.3) is 0 Å². The van der Waals surface area contributed by atoms with Gasteiger partial charge in [-0.3, -0.25) is 0 Å². The lowest BCUT2D eigenvalue weighted by Gasteiger charge is -2.31. The van der Waals surface area contributed by atoms with E-state index in [4.69, 9.17) is 9.84 Å². The Bertz CT molecular complexity index is 116. The van der Waals surface area contributed by atoms with Gasteiger partial charge in [-0.15, -0.1) is 0 Å². The summed E-state index contributed by atoms with van der Waals surface area (Å²) in [4.78, 5) is 0. The van der Waals surface area contributed by atoms with E-state index in [0.717, 1.165) is 12.8 Å². The van der Waals surface area contributed by atoms with Gasteiger partial charge in [-0.25, -0.2) is 0 Å². The van der Waals surface area contributed by atoms with Crippen molar-refractivity contribution in [3.63, 3.8) is 0 Å². The van der Waals surface area contributed by atoms with E-state index in [-0.39, 0.29) is 12.7 Å². The molecule has 11 heavy (non-hydrogen) atoms. The largest absolute Gasteiger partial charge is 0.394 e. The zero-order valence-corrected chi connectivity index (χ0v) is 6.86. The van der Waals surface area contributed by atoms with Crippen LogP contribution < -0.4 is 0 Å². The maximum absolute atomic E-state index is 9.39. The van der Waals surface area contributed by atoms with Gasteiger partial charge in [-0.1, -0.05) is 13.3 Å². The molecule has 1 heterocycles. The predicted molar refractivity (Wildman–Crippen MR) is 41.2 cm³/mol. The molecular formula is C8H16O3. The van der Waals surface area contributed by atoms with Crippen molar-refractivity contribution in [2.45, 2.75) is 32.0 Å². The van der Waals surface area contributed by atoms with E-state index in [1.54, 1.807) is 0 Å². The Morgan fingerprint density at radius 2 is 2.27 bits per heavy atom. The van der Waals surface area contributed by atoms with Crippen molar-refractivity contribution in [3.8, 4) is 0 Å². The Kier molecular flexibility index (Phi) is 3.30. The SMILES string of the molecule is CCC1COC(CO)C(O)C1. The molecule has 1 saturated heterocycles. The molecule has 0 aromatic rings. The first-order valence-electron chi connectivity index (χ1n) is 4.18. The number of aliphatic hydroxyl groups is 2. The van der Waals surface area contributed by atoms with Gasteiger partial charge in [0.1, 0.15) is 6.10 Å². The maximum atomic E-state index is 9.39. The van der Waals surface area contributed by atoms with Crippen LogP contribution in [-0.2, 0) is 4.74 Å². The van der Waals surface area contributed by atoms with Gasteiger partial charge in [0.25, 0.3) is 0 Å². The van der Waals surface area contributed by atoms with Crippen molar-refractivity contribution in [1.29, 1.82) is 0 Å². The van der Waals surface area contributed by atoms with E-state index in [2.05, 4.69) is 6.92 Å². The normalized spacial score (nSPS) is 39.0. The van der Waals surface area contributed by atoms with Crippen molar-refractivity contribution in [2.75, 3.05) is 13.2 Å². The minimum atomic E-state index is -0.473. The molecule has 1 aliphatic rings. The molecule has 0 spiro atoms. The highest BCUT2D eigenvalue weighted by Gasteiger charge is 2.28. The molecule has 3 nitrogen and oxygen atoms in total. The van der Waals surface area contributed by atoms with Gasteiger partial charge >= 0.3 is 0 Å². The van der Waals surface area contributed by atoms with E-state index in [0.29, 0.717) is 12.5 Å². The lowest BCUT2D eigenvalue weighted by Crippen LogP contribution is -2.40. The second-order valence-electron chi connectivity index (χ2n) is 3.13. The van der Waals surface area contributed by atoms with E-state index in [1.165, 1.54) is 0 Å². The smallest absolute Gasteiger partial charge is 0.106 e. The molecule has 1 fully saturated rings. The molecule has 0 aliphatic carbocycles. The number of ether oxygens (including phenoxy) is 1. The lowest BCUT2D eigenvalue weighted by atomic mass is 9.94. The zero-order chi connectivity index (χ0) is 8.27. The van der Waals surface area contributed by atoms with Gasteiger partial charge < -0.3 is 14.9 Å². The summed E-state index contributed by atoms with van der Waals surface area (Å²) < 4.78 is 5.24. The first-order valence-corrected chi connectivity index (χ1v) is 4.18. The highest BCUT2D eigenvalue weighted by atomic mass is 16.5. The molecule has 3 heteroatoms. The fraction of sp³-hybridized carbons (Fsp3) is 1.00. The molecule has 1 rings (SSSR count). The third-order valence-electron chi connectivity index (χ3n) is 2.31. The monoisotopic (exact) mass is 160 g/mol. The summed E-state index contributed by atoms with van der Waals surface area (Å²) in [6, 6.07) is 0. The van der Waals surface area contributed by atoms with Crippen LogP contribution in [0.2, 0.25) is 0 Å². The molecule has 3 unspecified atom stereocenters. The second kappa shape index (κ2) is 4.04. The van der Waals surface area contributed by atoms with Gasteiger partial charge in [-0.05, 0) is 12.3 Å². The van der Waals surface area contributed by atoms with E-state index >= 15 is 0 Å². The number of aliphatic hydroxyl groups excluding tert-OH is 2. The van der Waals surface area contributed by atoms with E-state index in [1.807, 2.05) is 0 Å². The first kappa shape index (κ1) is 8.97. The maximum Gasteiger partial charge on any atom is 0.106 e. The molecule has 0 aromatic carbocycles. The molecule has 0 amide bonds. The molecule has 0 bridgehead atoms. The predicted octanol–water partition coefficient (Wildman–Crippen LogP) is 0.155. The van der Waals surface area contributed by atoms with E-state index in [9.17, 15) is 5.11 Å². The van der Waals surface area contributed by atoms with Gasteiger partial charge in [0.15, 0.2) is 0 Å². The Morgan fingerprint density at radius 3 is 2.73 bits per heavy atom. The number of hydrogen-bond donors (Lipinski definition) is 2. The Labute approximate surface area is 67.0 Å². The van der Waals surface area contributed by atoms with Crippen molar-refractivity contribution in [3.05, 3.63) is 0 Å². The highest BCUT2D eigenvalue weighted by molar-refractivity contribution is 4.77. The summed E-state index contributed by atoms with van der Waals surface area (Å²) in [6.45, 7) is 2.69. The van der Waals surface area contributed by atoms with Gasteiger partial charge in [0, 0.05) is 0 Å². The summed E-state index contributed by atoms with van der Waals surface area (Å²) >= 11 is 0. The summed E-state index contributed by atoms with van der Waals surface area (Å²) in [5.74, 6) is 0.466. The lowest BCUT2D eigenvalue weighted by molar-refractivity contribution is -0.116. The van der Waals surface area contributed by atoms with Crippen LogP contribution in [0.5, 0.6) is 0 Å². The second-order valence-corrected chi connectivity index (χ2v) is 3.13. The average Bonchev–Trinajstić information content (AvgIpc) is 2.04. The van der Waals surface area contributed by atoms with Gasteiger partial charge in [0.2, 0.25) is 0 Å². The minimum absolute atomic E-state index is 0.0718. The zero-order valence-electron chi connectivity index (χ0n) is 6.86. The van der Waals surface area contributed by atoms with Crippen molar-refractivity contribution < 1.29 is 14.9 Å². The van der Waals surface area contributed by atoms with Crippen LogP contribution in [0.4, 0.5) is 0 Å². The summed E-state index contributed by atoms with van der Waals surface area (Å²) in [7, 11) is 0. The molecule has 2 N–H and O–H groups in total. The minimum Gasteiger partial charge on any atom is -0.394 e. The van der Waals surface area contributed by atoms with Gasteiger partial charge in [0.05, 0.1) is 19.3 Å². The molecule has 0 saturated carbocycles. The van der Waals surface area contributed by atoms with Crippen LogP contribution in [0, 0.1) is 5.92 Å². The topological polar surface area (TPSA) is 49.7 Å². The quantitative estimate of drug-likeness (QED) is 0.604. The Balaban J connectivity index is 2.34. The highest BCUT2D eigenvalue weighted by Crippen LogP contribution is 2.21. The molecule has 1 aliphatic heterocycles. The number of hydrogen-bond acceptors (Lipinski definition) is 3. The van der Waals surface area contributed by atoms with Crippen LogP contribution >= 0.6 is 0 Å². The fourth-order valence-corrected chi connectivity index (χ4v) is 1.39. The molecule has 66 valence electrons. The molecular weight excluding hydrogens is 144 g/mol. The van der Waals surface area contributed by atoms with E-state index < -0.39 is 6.10 Å². The Hall–Kier alpha value is -0.120. The fourth-order valence-electron chi connectivity index (χ4n) is 1.39. The van der Waals surface area contributed by atoms with Crippen LogP contribution in [0.3, 0.4) is 0 Å². The molecule has 3 atom stereocenters. The van der Waals surface area contributed by atoms with Crippen molar-refractivity contribution >= 4 is 0 Å². The molecule has 0 radical (unpaired) electrons. The van der Waals surface area contributed by atoms with Crippen LogP contribution in [-0.4, -0.2) is 35.6 Å². The third kappa shape index (κ3) is 2.15. The van der Waals surface area contributed by atoms with Crippen molar-refractivity contribution in [2.24, 2.45) is 5.92 Å². The number of rotatable bonds is 2. The third-order valence-corrected chi connectivity index (χ3v) is 2.31. The molecule has 0 aromatic heterocycles. The Morgan fingerprint density at radius 1 is 1.55 bits per heavy atom. The first-order chi connectivity index (χ1) is 5.27. The van der Waals surface area contributed by atoms with Crippen molar-refractivity contribution in [1.82, 2.24) is 0 Å². The standard InChI is InChI=1S/C8H16O3/c1-2-6-3-7(10)8(4-9)11-5-6/h6-10H,2-5H2,1H3. The summed E-state index contributed by atoms with van der Waals surface area (Å²) in [6.07, 6.45) is 0.980. The summed E-state index contributed by atoms with van der Waals surface area (Å²) in [5, 5.41) is 18.1. The van der Waals surface area contributed by atoms with Crippen LogP contribution in [0.15, 0.2) is 0 Å². The average molecular weight is 160 g/mol.